The standard InChI is InChI=1S/C24H28N4O/c25-17-19-4-5-20-8-14-28(18-22(20)16-19)15-11-24(9-2-1-3-10-24)27-23(29)21-6-12-26-13-7-21/h4-7,12-13,16H,1-3,8-11,14-15,18H2,(H,27,29). The molecule has 1 amide bonds. The summed E-state index contributed by atoms with van der Waals surface area (Å²) in [4.78, 5) is 19.3. The fraction of sp³-hybridized carbons (Fsp3) is 0.458. The fourth-order valence-corrected chi connectivity index (χ4v) is 4.73. The Morgan fingerprint density at radius 3 is 2.69 bits per heavy atom. The number of benzene rings is 1. The molecule has 0 bridgehead atoms. The van der Waals surface area contributed by atoms with Crippen LogP contribution in [0, 0.1) is 11.3 Å². The maximum absolute atomic E-state index is 12.8. The van der Waals surface area contributed by atoms with Crippen molar-refractivity contribution in [2.45, 2.75) is 57.0 Å². The summed E-state index contributed by atoms with van der Waals surface area (Å²) in [6, 6.07) is 11.9. The van der Waals surface area contributed by atoms with Crippen LogP contribution in [0.25, 0.3) is 0 Å². The van der Waals surface area contributed by atoms with Crippen molar-refractivity contribution in [2.75, 3.05) is 13.1 Å². The summed E-state index contributed by atoms with van der Waals surface area (Å²) in [6.45, 7) is 2.89. The van der Waals surface area contributed by atoms with Crippen molar-refractivity contribution in [1.82, 2.24) is 15.2 Å². The summed E-state index contributed by atoms with van der Waals surface area (Å²) in [5, 5.41) is 12.6. The summed E-state index contributed by atoms with van der Waals surface area (Å²) in [5.41, 5.74) is 3.93. The maximum Gasteiger partial charge on any atom is 0.251 e. The zero-order valence-electron chi connectivity index (χ0n) is 16.9. The van der Waals surface area contributed by atoms with Gasteiger partial charge in [0.15, 0.2) is 0 Å². The highest BCUT2D eigenvalue weighted by Crippen LogP contribution is 2.32. The number of hydrogen-bond donors (Lipinski definition) is 1. The Morgan fingerprint density at radius 1 is 1.14 bits per heavy atom. The van der Waals surface area contributed by atoms with E-state index in [0.717, 1.165) is 50.9 Å². The van der Waals surface area contributed by atoms with E-state index in [4.69, 9.17) is 0 Å². The van der Waals surface area contributed by atoms with Crippen molar-refractivity contribution < 1.29 is 4.79 Å². The van der Waals surface area contributed by atoms with Gasteiger partial charge in [-0.2, -0.15) is 5.26 Å². The van der Waals surface area contributed by atoms with E-state index in [0.29, 0.717) is 5.56 Å². The van der Waals surface area contributed by atoms with E-state index in [1.807, 2.05) is 12.1 Å². The molecular weight excluding hydrogens is 360 g/mol. The molecule has 150 valence electrons. The quantitative estimate of drug-likeness (QED) is 0.845. The highest BCUT2D eigenvalue weighted by molar-refractivity contribution is 5.94. The topological polar surface area (TPSA) is 69.0 Å². The lowest BCUT2D eigenvalue weighted by Gasteiger charge is -2.40. The third-order valence-corrected chi connectivity index (χ3v) is 6.47. The van der Waals surface area contributed by atoms with Crippen molar-refractivity contribution in [3.8, 4) is 6.07 Å². The fourth-order valence-electron chi connectivity index (χ4n) is 4.73. The minimum absolute atomic E-state index is 0.0111. The Balaban J connectivity index is 1.42. The summed E-state index contributed by atoms with van der Waals surface area (Å²) < 4.78 is 0. The number of fused-ring (bicyclic) bond motifs is 1. The van der Waals surface area contributed by atoms with Gasteiger partial charge < -0.3 is 5.32 Å². The summed E-state index contributed by atoms with van der Waals surface area (Å²) in [6.07, 6.45) is 11.0. The summed E-state index contributed by atoms with van der Waals surface area (Å²) in [7, 11) is 0. The molecule has 0 unspecified atom stereocenters. The Kier molecular flexibility index (Phi) is 5.92. The average Bonchev–Trinajstić information content (AvgIpc) is 2.78. The molecule has 5 nitrogen and oxygen atoms in total. The molecular formula is C24H28N4O. The number of aromatic nitrogens is 1. The number of pyridine rings is 1. The third kappa shape index (κ3) is 4.65. The lowest BCUT2D eigenvalue weighted by molar-refractivity contribution is 0.0840. The van der Waals surface area contributed by atoms with Gasteiger partial charge in [0.1, 0.15) is 0 Å². The SMILES string of the molecule is N#Cc1ccc2c(c1)CN(CCC1(NC(=O)c3ccncc3)CCCCC1)CC2. The molecule has 1 aliphatic carbocycles. The van der Waals surface area contributed by atoms with Crippen LogP contribution in [0.3, 0.4) is 0 Å². The Morgan fingerprint density at radius 2 is 1.93 bits per heavy atom. The van der Waals surface area contributed by atoms with Gasteiger partial charge in [-0.15, -0.1) is 0 Å². The van der Waals surface area contributed by atoms with Gasteiger partial charge >= 0.3 is 0 Å². The Hall–Kier alpha value is -2.71. The Labute approximate surface area is 172 Å². The highest BCUT2D eigenvalue weighted by atomic mass is 16.1. The number of rotatable bonds is 5. The first-order chi connectivity index (χ1) is 14.2. The van der Waals surface area contributed by atoms with Crippen LogP contribution in [-0.4, -0.2) is 34.4 Å². The largest absolute Gasteiger partial charge is 0.347 e. The van der Waals surface area contributed by atoms with Crippen LogP contribution in [0.15, 0.2) is 42.7 Å². The molecule has 1 aromatic heterocycles. The van der Waals surface area contributed by atoms with Crippen LogP contribution in [0.1, 0.15) is 65.6 Å². The molecule has 0 spiro atoms. The normalized spacial score (nSPS) is 18.4. The zero-order chi connectivity index (χ0) is 20.1. The van der Waals surface area contributed by atoms with Crippen LogP contribution in [0.4, 0.5) is 0 Å². The van der Waals surface area contributed by atoms with Gasteiger partial charge in [0.2, 0.25) is 0 Å². The minimum Gasteiger partial charge on any atom is -0.347 e. The summed E-state index contributed by atoms with van der Waals surface area (Å²) >= 11 is 0. The van der Waals surface area contributed by atoms with Crippen LogP contribution in [-0.2, 0) is 13.0 Å². The van der Waals surface area contributed by atoms with E-state index in [-0.39, 0.29) is 11.4 Å². The average molecular weight is 389 g/mol. The molecule has 4 rings (SSSR count). The van der Waals surface area contributed by atoms with Crippen LogP contribution < -0.4 is 5.32 Å². The van der Waals surface area contributed by atoms with E-state index in [2.05, 4.69) is 27.3 Å². The molecule has 2 heterocycles. The van der Waals surface area contributed by atoms with E-state index in [9.17, 15) is 10.1 Å². The summed E-state index contributed by atoms with van der Waals surface area (Å²) in [5.74, 6) is 0.0111. The van der Waals surface area contributed by atoms with Gasteiger partial charge in [-0.3, -0.25) is 14.7 Å². The first kappa shape index (κ1) is 19.6. The minimum atomic E-state index is -0.118. The monoisotopic (exact) mass is 388 g/mol. The first-order valence-corrected chi connectivity index (χ1v) is 10.6. The smallest absolute Gasteiger partial charge is 0.251 e. The first-order valence-electron chi connectivity index (χ1n) is 10.6. The number of carbonyl (C=O) groups excluding carboxylic acids is 1. The molecule has 0 saturated heterocycles. The molecule has 0 atom stereocenters. The second-order valence-electron chi connectivity index (χ2n) is 8.40. The maximum atomic E-state index is 12.8. The molecule has 2 aliphatic rings. The predicted molar refractivity (Wildman–Crippen MR) is 112 cm³/mol. The number of amides is 1. The molecule has 0 radical (unpaired) electrons. The zero-order valence-corrected chi connectivity index (χ0v) is 16.9. The van der Waals surface area contributed by atoms with Crippen LogP contribution in [0.2, 0.25) is 0 Å². The number of nitriles is 1. The highest BCUT2D eigenvalue weighted by Gasteiger charge is 2.34. The second kappa shape index (κ2) is 8.75. The number of carbonyl (C=O) groups is 1. The Bertz CT molecular complexity index is 897. The molecule has 1 N–H and O–H groups in total. The van der Waals surface area contributed by atoms with Gasteiger partial charge in [0, 0.05) is 43.1 Å². The lowest BCUT2D eigenvalue weighted by Crippen LogP contribution is -2.51. The second-order valence-corrected chi connectivity index (χ2v) is 8.40. The van der Waals surface area contributed by atoms with E-state index >= 15 is 0 Å². The molecule has 1 aliphatic heterocycles. The van der Waals surface area contributed by atoms with E-state index in [1.165, 1.54) is 30.4 Å². The third-order valence-electron chi connectivity index (χ3n) is 6.47. The van der Waals surface area contributed by atoms with E-state index in [1.54, 1.807) is 24.5 Å². The van der Waals surface area contributed by atoms with Gasteiger partial charge in [0.25, 0.3) is 5.91 Å². The van der Waals surface area contributed by atoms with Crippen molar-refractivity contribution in [3.05, 3.63) is 65.0 Å². The van der Waals surface area contributed by atoms with Crippen molar-refractivity contribution in [1.29, 1.82) is 5.26 Å². The predicted octanol–water partition coefficient (Wildman–Crippen LogP) is 3.83. The van der Waals surface area contributed by atoms with Crippen molar-refractivity contribution >= 4 is 5.91 Å². The van der Waals surface area contributed by atoms with Crippen LogP contribution >= 0.6 is 0 Å². The van der Waals surface area contributed by atoms with E-state index < -0.39 is 0 Å². The number of nitrogens with one attached hydrogen (secondary N) is 1. The molecule has 2 aromatic rings. The van der Waals surface area contributed by atoms with Gasteiger partial charge in [-0.1, -0.05) is 25.3 Å². The molecule has 1 aromatic carbocycles. The van der Waals surface area contributed by atoms with Gasteiger partial charge in [-0.25, -0.2) is 0 Å². The number of hydrogen-bond acceptors (Lipinski definition) is 4. The lowest BCUT2D eigenvalue weighted by atomic mass is 9.78. The van der Waals surface area contributed by atoms with Gasteiger partial charge in [0.05, 0.1) is 11.6 Å². The van der Waals surface area contributed by atoms with Gasteiger partial charge in [-0.05, 0) is 61.1 Å². The molecule has 5 heteroatoms. The molecule has 1 saturated carbocycles. The van der Waals surface area contributed by atoms with Crippen molar-refractivity contribution in [3.63, 3.8) is 0 Å². The van der Waals surface area contributed by atoms with Crippen molar-refractivity contribution in [2.24, 2.45) is 0 Å². The molecule has 1 fully saturated rings. The number of nitrogens with zero attached hydrogens (tertiary/aromatic N) is 3. The molecule has 29 heavy (non-hydrogen) atoms. The van der Waals surface area contributed by atoms with Crippen LogP contribution in [0.5, 0.6) is 0 Å².